The predicted octanol–water partition coefficient (Wildman–Crippen LogP) is -0.550. The Morgan fingerprint density at radius 3 is 0.885 bits per heavy atom. The summed E-state index contributed by atoms with van der Waals surface area (Å²) in [5, 5.41) is 9.29. The summed E-state index contributed by atoms with van der Waals surface area (Å²) >= 11 is 0. The summed E-state index contributed by atoms with van der Waals surface area (Å²) in [7, 11) is 0. The quantitative estimate of drug-likeness (QED) is 0.501. The van der Waals surface area contributed by atoms with E-state index in [-0.39, 0.29) is 48.4 Å². The van der Waals surface area contributed by atoms with Crippen LogP contribution in [0.1, 0.15) is 41.4 Å². The number of carbonyl (C=O) groups is 4. The normalized spacial score (nSPS) is 10.0. The van der Waals surface area contributed by atoms with Crippen LogP contribution in [0, 0.1) is 27.7 Å². The first-order valence-electron chi connectivity index (χ1n) is 7.52. The molecule has 0 saturated heterocycles. The van der Waals surface area contributed by atoms with Crippen LogP contribution in [0.3, 0.4) is 0 Å². The Bertz CT molecular complexity index is 586. The molecule has 0 fully saturated rings. The maximum absolute atomic E-state index is 12.2. The fourth-order valence-electron chi connectivity index (χ4n) is 2.10. The Hall–Kier alpha value is -2.90. The number of nitrogens with one attached hydrogen (secondary N) is 4. The van der Waals surface area contributed by atoms with Gasteiger partial charge in [-0.1, -0.05) is 0 Å². The minimum absolute atomic E-state index is 0.159. The molecule has 134 valence electrons. The number of amides is 4. The molecule has 0 aromatic heterocycles. The van der Waals surface area contributed by atoms with Crippen LogP contribution in [0.5, 0.6) is 0 Å². The van der Waals surface area contributed by atoms with Crippen LogP contribution in [0.2, 0.25) is 0 Å². The molecule has 0 unspecified atom stereocenters. The smallest absolute Gasteiger partial charge is 0.252 e. The molecule has 0 aliphatic heterocycles. The average molecular weight is 354 g/mol. The molecule has 0 spiro atoms. The molecule has 8 heteroatoms. The Kier molecular flexibility index (Phi) is 8.27. The molecule has 0 saturated carbocycles. The van der Waals surface area contributed by atoms with Crippen molar-refractivity contribution in [3.8, 4) is 0 Å². The van der Waals surface area contributed by atoms with Crippen LogP contribution < -0.4 is 21.3 Å². The molecular weight excluding hydrogens is 336 g/mol. The van der Waals surface area contributed by atoms with Gasteiger partial charge in [0.1, 0.15) is 0 Å². The van der Waals surface area contributed by atoms with Gasteiger partial charge in [-0.2, -0.15) is 0 Å². The van der Waals surface area contributed by atoms with Crippen LogP contribution >= 0.6 is 0 Å². The first-order chi connectivity index (χ1) is 12.4. The van der Waals surface area contributed by atoms with Crippen LogP contribution in [0.4, 0.5) is 0 Å². The van der Waals surface area contributed by atoms with Gasteiger partial charge >= 0.3 is 0 Å². The van der Waals surface area contributed by atoms with Crippen LogP contribution in [-0.4, -0.2) is 49.8 Å². The van der Waals surface area contributed by atoms with Gasteiger partial charge < -0.3 is 21.3 Å². The third-order valence-corrected chi connectivity index (χ3v) is 3.19. The summed E-state index contributed by atoms with van der Waals surface area (Å²) in [5.74, 6) is -2.82. The van der Waals surface area contributed by atoms with Crippen molar-refractivity contribution in [2.24, 2.45) is 0 Å². The largest absolute Gasteiger partial charge is 0.352 e. The molecule has 4 N–H and O–H groups in total. The minimum Gasteiger partial charge on any atom is -0.352 e. The Morgan fingerprint density at radius 1 is 0.538 bits per heavy atom. The third-order valence-electron chi connectivity index (χ3n) is 3.19. The van der Waals surface area contributed by atoms with Crippen molar-refractivity contribution < 1.29 is 19.2 Å². The lowest BCUT2D eigenvalue weighted by Crippen LogP contribution is -2.33. The van der Waals surface area contributed by atoms with E-state index in [0.717, 1.165) is 12.1 Å². The Labute approximate surface area is 153 Å². The molecule has 0 bridgehead atoms. The monoisotopic (exact) mass is 354 g/mol. The zero-order chi connectivity index (χ0) is 19.7. The fourth-order valence-corrected chi connectivity index (χ4v) is 2.10. The van der Waals surface area contributed by atoms with Crippen molar-refractivity contribution in [1.29, 1.82) is 0 Å². The van der Waals surface area contributed by atoms with Crippen LogP contribution in [0.25, 0.3) is 0 Å². The van der Waals surface area contributed by atoms with Gasteiger partial charge in [0, 0.05) is 26.2 Å². The van der Waals surface area contributed by atoms with E-state index in [4.69, 9.17) is 27.7 Å². The van der Waals surface area contributed by atoms with Crippen molar-refractivity contribution in [1.82, 2.24) is 21.3 Å². The molecule has 26 heavy (non-hydrogen) atoms. The summed E-state index contributed by atoms with van der Waals surface area (Å²) in [6, 6.07) is 2.21. The SMILES string of the molecule is [CH]CNC(=O)c1cc(C(=O)NC[CH])c(C(=O)NC[CH])cc1C(=O)NC[CH]. The van der Waals surface area contributed by atoms with Crippen molar-refractivity contribution in [2.45, 2.75) is 0 Å². The average Bonchev–Trinajstić information content (AvgIpc) is 2.61. The predicted molar refractivity (Wildman–Crippen MR) is 93.0 cm³/mol. The molecule has 0 atom stereocenters. The van der Waals surface area contributed by atoms with Gasteiger partial charge in [-0.3, -0.25) is 19.2 Å². The third kappa shape index (κ3) is 5.05. The number of carbonyl (C=O) groups excluding carboxylic acids is 4. The molecule has 8 nitrogen and oxygen atoms in total. The lowest BCUT2D eigenvalue weighted by Gasteiger charge is -2.15. The molecule has 0 aliphatic carbocycles. The first-order valence-corrected chi connectivity index (χ1v) is 7.52. The summed E-state index contributed by atoms with van der Waals surface area (Å²) in [4.78, 5) is 48.9. The summed E-state index contributed by atoms with van der Waals surface area (Å²) in [6.07, 6.45) is 0. The van der Waals surface area contributed by atoms with Gasteiger partial charge in [0.15, 0.2) is 0 Å². The summed E-state index contributed by atoms with van der Waals surface area (Å²) in [6.45, 7) is 20.4. The van der Waals surface area contributed by atoms with Crippen molar-refractivity contribution >= 4 is 23.6 Å². The molecule has 1 aromatic carbocycles. The number of hydrogen-bond acceptors (Lipinski definition) is 4. The lowest BCUT2D eigenvalue weighted by atomic mass is 9.95. The molecule has 8 radical (unpaired) electrons. The number of hydrogen-bond donors (Lipinski definition) is 4. The van der Waals surface area contributed by atoms with Gasteiger partial charge in [-0.25, -0.2) is 0 Å². The van der Waals surface area contributed by atoms with E-state index in [9.17, 15) is 19.2 Å². The second-order valence-electron chi connectivity index (χ2n) is 4.78. The Morgan fingerprint density at radius 2 is 0.731 bits per heavy atom. The second kappa shape index (κ2) is 10.2. The first kappa shape index (κ1) is 21.1. The highest BCUT2D eigenvalue weighted by atomic mass is 16.2. The standard InChI is InChI=1S/C18H18N4O4/c1-5-19-15(23)11-9-13(17(25)21-7-3)14(18(26)22-8-4)10-12(11)16(24)20-6-2/h1-4,9-10H,5-8H2,(H,19,23)(H,20,24)(H,21,25)(H,22,26). The van der Waals surface area contributed by atoms with E-state index >= 15 is 0 Å². The molecule has 1 rings (SSSR count). The van der Waals surface area contributed by atoms with E-state index in [2.05, 4.69) is 21.3 Å². The van der Waals surface area contributed by atoms with Gasteiger partial charge in [0.05, 0.1) is 22.3 Å². The minimum atomic E-state index is -0.706. The van der Waals surface area contributed by atoms with Crippen molar-refractivity contribution in [3.63, 3.8) is 0 Å². The molecule has 4 amide bonds. The number of benzene rings is 1. The highest BCUT2D eigenvalue weighted by Gasteiger charge is 2.25. The van der Waals surface area contributed by atoms with Crippen LogP contribution in [0.15, 0.2) is 12.1 Å². The van der Waals surface area contributed by atoms with E-state index in [1.54, 1.807) is 0 Å². The van der Waals surface area contributed by atoms with E-state index in [1.807, 2.05) is 0 Å². The second-order valence-corrected chi connectivity index (χ2v) is 4.78. The maximum Gasteiger partial charge on any atom is 0.252 e. The zero-order valence-corrected chi connectivity index (χ0v) is 13.9. The fraction of sp³-hybridized carbons (Fsp3) is 0.222. The number of rotatable bonds is 8. The Balaban J connectivity index is 3.63. The molecule has 0 aliphatic rings. The van der Waals surface area contributed by atoms with Gasteiger partial charge in [-0.05, 0) is 39.8 Å². The zero-order valence-electron chi connectivity index (χ0n) is 13.9. The topological polar surface area (TPSA) is 116 Å². The highest BCUT2D eigenvalue weighted by Crippen LogP contribution is 2.19. The van der Waals surface area contributed by atoms with Gasteiger partial charge in [0.2, 0.25) is 0 Å². The van der Waals surface area contributed by atoms with Gasteiger partial charge in [-0.15, -0.1) is 0 Å². The van der Waals surface area contributed by atoms with Crippen molar-refractivity contribution in [2.75, 3.05) is 26.2 Å². The summed E-state index contributed by atoms with van der Waals surface area (Å²) in [5.41, 5.74) is -0.638. The lowest BCUT2D eigenvalue weighted by molar-refractivity contribution is 0.0912. The van der Waals surface area contributed by atoms with Crippen molar-refractivity contribution in [3.05, 3.63) is 62.1 Å². The van der Waals surface area contributed by atoms with Crippen LogP contribution in [-0.2, 0) is 0 Å². The van der Waals surface area contributed by atoms with E-state index in [1.165, 1.54) is 0 Å². The van der Waals surface area contributed by atoms with E-state index in [0.29, 0.717) is 0 Å². The summed E-state index contributed by atoms with van der Waals surface area (Å²) < 4.78 is 0. The highest BCUT2D eigenvalue weighted by molar-refractivity contribution is 6.14. The van der Waals surface area contributed by atoms with Gasteiger partial charge in [0.25, 0.3) is 23.6 Å². The molecular formula is C18H18N4O4. The molecule has 0 heterocycles. The van der Waals surface area contributed by atoms with E-state index < -0.39 is 23.6 Å². The molecule has 1 aromatic rings. The maximum atomic E-state index is 12.2.